The minimum atomic E-state index is -2.43. The van der Waals surface area contributed by atoms with Crippen molar-refractivity contribution < 1.29 is 33.7 Å². The van der Waals surface area contributed by atoms with Crippen LogP contribution < -0.4 is 10.1 Å². The zero-order valence-corrected chi connectivity index (χ0v) is 28.1. The lowest BCUT2D eigenvalue weighted by Crippen LogP contribution is -2.52. The number of thioether (sulfide) groups is 1. The Morgan fingerprint density at radius 3 is 2.40 bits per heavy atom. The molecule has 45 heavy (non-hydrogen) atoms. The summed E-state index contributed by atoms with van der Waals surface area (Å²) in [6.07, 6.45) is 6.72. The molecule has 1 unspecified atom stereocenters. The molecule has 1 saturated heterocycles. The van der Waals surface area contributed by atoms with Crippen LogP contribution in [0.1, 0.15) is 40.7 Å². The van der Waals surface area contributed by atoms with Gasteiger partial charge in [-0.3, -0.25) is 9.59 Å². The molecule has 1 fully saturated rings. The summed E-state index contributed by atoms with van der Waals surface area (Å²) in [5, 5.41) is 13.2. The van der Waals surface area contributed by atoms with E-state index in [1.807, 2.05) is 40.3 Å². The van der Waals surface area contributed by atoms with Crippen LogP contribution in [0.25, 0.3) is 5.57 Å². The van der Waals surface area contributed by atoms with Gasteiger partial charge in [-0.05, 0) is 46.2 Å². The molecule has 1 aliphatic carbocycles. The number of hydroxylamine groups is 2. The molecule has 1 atom stereocenters. The third kappa shape index (κ3) is 6.32. The van der Waals surface area contributed by atoms with E-state index in [0.29, 0.717) is 16.4 Å². The van der Waals surface area contributed by atoms with Crippen LogP contribution in [-0.4, -0.2) is 92.0 Å². The summed E-state index contributed by atoms with van der Waals surface area (Å²) in [4.78, 5) is 55.5. The van der Waals surface area contributed by atoms with Gasteiger partial charge in [-0.15, -0.1) is 11.1 Å². The van der Waals surface area contributed by atoms with Crippen molar-refractivity contribution in [3.8, 4) is 0 Å². The van der Waals surface area contributed by atoms with Gasteiger partial charge in [0.1, 0.15) is 14.1 Å². The highest BCUT2D eigenvalue weighted by atomic mass is 32.2. The maximum Gasteiger partial charge on any atom is 0.336 e. The second-order valence-corrected chi connectivity index (χ2v) is 17.4. The molecule has 0 bridgehead atoms. The number of carbonyl (C=O) groups excluding carboxylic acids is 3. The Labute approximate surface area is 268 Å². The molecule has 0 aromatic heterocycles. The number of hydrogen-bond donors (Lipinski definition) is 1. The van der Waals surface area contributed by atoms with Crippen LogP contribution in [0.2, 0.25) is 12.6 Å². The Bertz CT molecular complexity index is 1710. The summed E-state index contributed by atoms with van der Waals surface area (Å²) in [5.74, 6) is -1.23. The smallest absolute Gasteiger partial charge is 0.336 e. The van der Waals surface area contributed by atoms with E-state index in [1.54, 1.807) is 23.9 Å². The number of allylic oxidation sites excluding steroid dienone is 5. The average Bonchev–Trinajstić information content (AvgIpc) is 3.33. The summed E-state index contributed by atoms with van der Waals surface area (Å²) in [5.41, 5.74) is 6.16. The lowest BCUT2D eigenvalue weighted by molar-refractivity contribution is -0.462. The van der Waals surface area contributed by atoms with Crippen LogP contribution in [0.5, 0.6) is 0 Å². The molecule has 235 valence electrons. The molecule has 0 saturated carbocycles. The summed E-state index contributed by atoms with van der Waals surface area (Å²) < 4.78 is 2.09. The third-order valence-corrected chi connectivity index (χ3v) is 14.4. The predicted octanol–water partition coefficient (Wildman–Crippen LogP) is 4.03. The molecular weight excluding hydrogens is 607 g/mol. The number of hydrogen-bond acceptors (Lipinski definition) is 7. The number of aromatic carboxylic acids is 1. The minimum Gasteiger partial charge on any atom is -0.478 e. The Kier molecular flexibility index (Phi) is 9.31. The van der Waals surface area contributed by atoms with Gasteiger partial charge in [0, 0.05) is 44.5 Å². The molecule has 0 spiro atoms. The topological polar surface area (TPSA) is 107 Å². The standard InChI is InChI=1S/C34H37N3O6SSi/c1-35(2)22-10-12-26-28(20-22)45(5,19-18-44-17-16-32(40)43-37-30(38)14-15-31(37)39)29-21-23(36(3)4)11-13-27(29)33(26)24-8-6-7-9-25(24)34(41)42/h6-13,20-21H,14-19H2,1-5H3/q-1/p+1. The fourth-order valence-corrected chi connectivity index (χ4v) is 12.1. The first-order valence-electron chi connectivity index (χ1n) is 14.9. The number of benzene rings is 2. The van der Waals surface area contributed by atoms with Gasteiger partial charge >= 0.3 is 11.9 Å². The molecule has 0 radical (unpaired) electrons. The molecule has 11 heteroatoms. The molecule has 2 amide bonds. The largest absolute Gasteiger partial charge is 0.478 e. The van der Waals surface area contributed by atoms with Gasteiger partial charge in [-0.2, -0.15) is 28.7 Å². The second-order valence-electron chi connectivity index (χ2n) is 12.0. The van der Waals surface area contributed by atoms with Gasteiger partial charge in [-0.1, -0.05) is 44.5 Å². The van der Waals surface area contributed by atoms with Gasteiger partial charge in [0.05, 0.1) is 12.0 Å². The number of anilines is 1. The third-order valence-electron chi connectivity index (χ3n) is 8.59. The highest BCUT2D eigenvalue weighted by Crippen LogP contribution is 2.44. The number of carboxylic acid groups (broad SMARTS) is 1. The zero-order valence-electron chi connectivity index (χ0n) is 26.3. The van der Waals surface area contributed by atoms with Crippen molar-refractivity contribution in [1.82, 2.24) is 5.06 Å². The van der Waals surface area contributed by atoms with Crippen LogP contribution in [-0.2, 0) is 19.2 Å². The fraction of sp³-hybridized carbons (Fsp3) is 0.324. The Balaban J connectivity index is 1.50. The van der Waals surface area contributed by atoms with Gasteiger partial charge in [0.2, 0.25) is 0 Å². The summed E-state index contributed by atoms with van der Waals surface area (Å²) >= 11 is 1.65. The van der Waals surface area contributed by atoms with E-state index in [4.69, 9.17) is 4.84 Å². The Hall–Kier alpha value is -4.22. The van der Waals surface area contributed by atoms with Gasteiger partial charge in [-0.25, -0.2) is 14.2 Å². The fourth-order valence-electron chi connectivity index (χ4n) is 6.05. The molecule has 3 aliphatic rings. The number of rotatable bonds is 10. The summed E-state index contributed by atoms with van der Waals surface area (Å²) in [7, 11) is 5.64. The Morgan fingerprint density at radius 1 is 1.02 bits per heavy atom. The second kappa shape index (κ2) is 13.0. The van der Waals surface area contributed by atoms with Crippen LogP contribution >= 0.6 is 11.8 Å². The number of carbonyl (C=O) groups is 4. The SMILES string of the molecule is CN(C)c1ccc2c(c1)[Si-](C)(CCSCCC(=O)ON1C(=O)CCC1=O)C1=CC(=[N+](C)C)C=CC1=C2c1ccccc1C(=O)O. The van der Waals surface area contributed by atoms with E-state index in [-0.39, 0.29) is 24.8 Å². The highest BCUT2D eigenvalue weighted by Gasteiger charge is 2.35. The van der Waals surface area contributed by atoms with E-state index >= 15 is 0 Å². The number of amides is 2. The van der Waals surface area contributed by atoms with E-state index < -0.39 is 31.8 Å². The van der Waals surface area contributed by atoms with Crippen LogP contribution in [0, 0.1) is 0 Å². The number of fused-ring (bicyclic) bond motifs is 2. The molecule has 2 aliphatic heterocycles. The van der Waals surface area contributed by atoms with Crippen molar-refractivity contribution in [2.75, 3.05) is 44.6 Å². The van der Waals surface area contributed by atoms with Crippen LogP contribution in [0.15, 0.2) is 71.5 Å². The minimum absolute atomic E-state index is 0.0686. The normalized spacial score (nSPS) is 18.9. The van der Waals surface area contributed by atoms with Crippen molar-refractivity contribution in [3.63, 3.8) is 0 Å². The molecule has 9 nitrogen and oxygen atoms in total. The maximum absolute atomic E-state index is 12.4. The molecule has 2 aromatic rings. The first-order valence-corrected chi connectivity index (χ1v) is 18.8. The van der Waals surface area contributed by atoms with E-state index in [2.05, 4.69) is 52.4 Å². The first kappa shape index (κ1) is 32.2. The summed E-state index contributed by atoms with van der Waals surface area (Å²) in [6, 6.07) is 14.6. The molecular formula is C34H38N3O6SSi. The van der Waals surface area contributed by atoms with E-state index in [0.717, 1.165) is 39.9 Å². The monoisotopic (exact) mass is 644 g/mol. The highest BCUT2D eigenvalue weighted by molar-refractivity contribution is 7.99. The number of carboxylic acids is 1. The lowest BCUT2D eigenvalue weighted by Gasteiger charge is -2.50. The van der Waals surface area contributed by atoms with Gasteiger partial charge in [0.15, 0.2) is 5.71 Å². The van der Waals surface area contributed by atoms with Gasteiger partial charge < -0.3 is 14.8 Å². The number of nitrogens with zero attached hydrogens (tertiary/aromatic N) is 3. The van der Waals surface area contributed by atoms with Crippen LogP contribution in [0.3, 0.4) is 0 Å². The lowest BCUT2D eigenvalue weighted by atomic mass is 9.87. The molecule has 5 rings (SSSR count). The maximum atomic E-state index is 12.4. The first-order chi connectivity index (χ1) is 21.4. The van der Waals surface area contributed by atoms with E-state index in [1.165, 1.54) is 10.4 Å². The quantitative estimate of drug-likeness (QED) is 0.179. The van der Waals surface area contributed by atoms with Crippen molar-refractivity contribution in [2.45, 2.75) is 31.9 Å². The average molecular weight is 645 g/mol. The van der Waals surface area contributed by atoms with Crippen molar-refractivity contribution in [2.24, 2.45) is 0 Å². The van der Waals surface area contributed by atoms with E-state index in [9.17, 15) is 24.3 Å². The predicted molar refractivity (Wildman–Crippen MR) is 180 cm³/mol. The molecule has 2 aromatic carbocycles. The van der Waals surface area contributed by atoms with Gasteiger partial charge in [0.25, 0.3) is 11.8 Å². The molecule has 1 N–H and O–H groups in total. The Morgan fingerprint density at radius 2 is 1.73 bits per heavy atom. The van der Waals surface area contributed by atoms with Crippen LogP contribution in [0.4, 0.5) is 5.69 Å². The number of imide groups is 1. The summed E-state index contributed by atoms with van der Waals surface area (Å²) in [6.45, 7) is 2.38. The zero-order chi connectivity index (χ0) is 32.5. The van der Waals surface area contributed by atoms with Crippen molar-refractivity contribution >= 4 is 65.7 Å². The molecule has 2 heterocycles. The van der Waals surface area contributed by atoms with Crippen molar-refractivity contribution in [3.05, 3.63) is 88.2 Å². The van der Waals surface area contributed by atoms with Crippen molar-refractivity contribution in [1.29, 1.82) is 0 Å².